The molecular weight excluding hydrogens is 380 g/mol. The van der Waals surface area contributed by atoms with Gasteiger partial charge in [-0.15, -0.1) is 0 Å². The maximum Gasteiger partial charge on any atom is 0.323 e. The summed E-state index contributed by atoms with van der Waals surface area (Å²) < 4.78 is 6.13. The van der Waals surface area contributed by atoms with Crippen molar-refractivity contribution in [1.29, 1.82) is 5.26 Å². The third-order valence-corrected chi connectivity index (χ3v) is 8.68. The summed E-state index contributed by atoms with van der Waals surface area (Å²) >= 11 is 0. The van der Waals surface area contributed by atoms with E-state index in [0.717, 1.165) is 32.1 Å². The van der Waals surface area contributed by atoms with E-state index in [-0.39, 0.29) is 35.3 Å². The van der Waals surface area contributed by atoms with Gasteiger partial charge >= 0.3 is 5.97 Å². The quantitative estimate of drug-likeness (QED) is 0.663. The molecule has 0 aromatic rings. The van der Waals surface area contributed by atoms with Crippen LogP contribution in [0.3, 0.4) is 0 Å². The Hall–Kier alpha value is -1.65. The number of carbonyl (C=O) groups excluding carboxylic acids is 2. The molecule has 1 heterocycles. The largest absolute Gasteiger partial charge is 0.458 e. The maximum atomic E-state index is 13.6. The van der Waals surface area contributed by atoms with Crippen molar-refractivity contribution >= 4 is 11.9 Å². The molecule has 166 valence electrons. The number of hydrogen-bond donors (Lipinski definition) is 2. The highest BCUT2D eigenvalue weighted by Crippen LogP contribution is 2.64. The second-order valence-electron chi connectivity index (χ2n) is 10.8. The van der Waals surface area contributed by atoms with E-state index in [4.69, 9.17) is 10.5 Å². The summed E-state index contributed by atoms with van der Waals surface area (Å²) in [5.41, 5.74) is 5.91. The summed E-state index contributed by atoms with van der Waals surface area (Å²) in [7, 11) is 1.76. The van der Waals surface area contributed by atoms with Crippen molar-refractivity contribution in [1.82, 2.24) is 10.2 Å². The predicted molar refractivity (Wildman–Crippen MR) is 112 cm³/mol. The molecule has 4 aliphatic carbocycles. The average Bonchev–Trinajstić information content (AvgIpc) is 2.98. The molecular formula is C23H36N4O3. The number of likely N-dealkylation sites (N-methyl/N-ethyl adjacent to an activating group) is 1. The van der Waals surface area contributed by atoms with E-state index in [1.807, 2.05) is 13.8 Å². The van der Waals surface area contributed by atoms with Crippen molar-refractivity contribution in [2.24, 2.45) is 28.9 Å². The Morgan fingerprint density at radius 2 is 1.83 bits per heavy atom. The van der Waals surface area contributed by atoms with Gasteiger partial charge in [0.1, 0.15) is 17.7 Å². The summed E-state index contributed by atoms with van der Waals surface area (Å²) in [6, 6.07) is 0.931. The van der Waals surface area contributed by atoms with Crippen molar-refractivity contribution in [2.45, 2.75) is 95.5 Å². The predicted octanol–water partition coefficient (Wildman–Crippen LogP) is 1.95. The van der Waals surface area contributed by atoms with Gasteiger partial charge in [0.15, 0.2) is 0 Å². The van der Waals surface area contributed by atoms with Crippen molar-refractivity contribution in [2.75, 3.05) is 7.05 Å². The Balaban J connectivity index is 1.58. The molecule has 0 aromatic heterocycles. The first-order valence-corrected chi connectivity index (χ1v) is 11.5. The number of likely N-dealkylation sites (tertiary alicyclic amines) is 1. The lowest BCUT2D eigenvalue weighted by Crippen LogP contribution is -2.66. The number of rotatable bonds is 5. The summed E-state index contributed by atoms with van der Waals surface area (Å²) in [6.07, 6.45) is 6.12. The van der Waals surface area contributed by atoms with Gasteiger partial charge in [0, 0.05) is 6.04 Å². The van der Waals surface area contributed by atoms with Gasteiger partial charge in [0.2, 0.25) is 5.91 Å². The monoisotopic (exact) mass is 416 g/mol. The number of nitrogens with zero attached hydrogens (tertiary/aromatic N) is 2. The zero-order valence-corrected chi connectivity index (χ0v) is 18.7. The van der Waals surface area contributed by atoms with Crippen molar-refractivity contribution in [3.05, 3.63) is 0 Å². The highest BCUT2D eigenvalue weighted by Gasteiger charge is 2.63. The number of esters is 1. The lowest BCUT2D eigenvalue weighted by molar-refractivity contribution is -0.207. The van der Waals surface area contributed by atoms with Crippen LogP contribution in [0.4, 0.5) is 0 Å². The van der Waals surface area contributed by atoms with Crippen molar-refractivity contribution in [3.63, 3.8) is 0 Å². The first-order chi connectivity index (χ1) is 14.1. The van der Waals surface area contributed by atoms with E-state index in [0.29, 0.717) is 24.7 Å². The zero-order chi connectivity index (χ0) is 21.8. The molecule has 0 radical (unpaired) electrons. The van der Waals surface area contributed by atoms with Crippen molar-refractivity contribution in [3.8, 4) is 6.07 Å². The summed E-state index contributed by atoms with van der Waals surface area (Å²) in [5.74, 6) is 0.873. The van der Waals surface area contributed by atoms with Crippen LogP contribution in [0.5, 0.6) is 0 Å². The minimum Gasteiger partial charge on any atom is -0.458 e. The molecule has 30 heavy (non-hydrogen) atoms. The van der Waals surface area contributed by atoms with Crippen LogP contribution in [0.15, 0.2) is 0 Å². The van der Waals surface area contributed by atoms with Crippen LogP contribution in [0.25, 0.3) is 0 Å². The maximum absolute atomic E-state index is 13.6. The molecule has 4 saturated carbocycles. The molecule has 0 aromatic carbocycles. The van der Waals surface area contributed by atoms with E-state index in [9.17, 15) is 14.9 Å². The number of nitriles is 1. The van der Waals surface area contributed by atoms with Gasteiger partial charge in [-0.25, -0.2) is 0 Å². The SMILES string of the molecule is CN[C@@H](C)C(=O)OC12CC3CC(C1)CC([C@H](N)C(=O)N1C(C)[C@@H](C)C[C@H]1C#N)(C3)C2. The molecule has 0 spiro atoms. The molecule has 7 heteroatoms. The first kappa shape index (κ1) is 21.6. The molecule has 1 amide bonds. The minimum atomic E-state index is -0.646. The van der Waals surface area contributed by atoms with Crippen LogP contribution < -0.4 is 11.1 Å². The number of carbonyl (C=O) groups is 2. The summed E-state index contributed by atoms with van der Waals surface area (Å²) in [5, 5.41) is 12.6. The van der Waals surface area contributed by atoms with E-state index in [1.165, 1.54) is 0 Å². The summed E-state index contributed by atoms with van der Waals surface area (Å²) in [4.78, 5) is 28.0. The van der Waals surface area contributed by atoms with E-state index in [1.54, 1.807) is 11.9 Å². The fourth-order valence-electron chi connectivity index (χ4n) is 7.26. The fraction of sp³-hybridized carbons (Fsp3) is 0.870. The molecule has 4 bridgehead atoms. The Morgan fingerprint density at radius 1 is 1.20 bits per heavy atom. The number of nitrogens with two attached hydrogens (primary N) is 1. The third-order valence-electron chi connectivity index (χ3n) is 8.68. The van der Waals surface area contributed by atoms with Crippen LogP contribution in [-0.4, -0.2) is 53.6 Å². The highest BCUT2D eigenvalue weighted by molar-refractivity contribution is 5.84. The minimum absolute atomic E-state index is 0.0189. The molecule has 3 N–H and O–H groups in total. The number of ether oxygens (including phenoxy) is 1. The van der Waals surface area contributed by atoms with Gasteiger partial charge < -0.3 is 20.7 Å². The first-order valence-electron chi connectivity index (χ1n) is 11.5. The second-order valence-corrected chi connectivity index (χ2v) is 10.8. The molecule has 3 unspecified atom stereocenters. The van der Waals surface area contributed by atoms with Crippen LogP contribution in [0.2, 0.25) is 0 Å². The van der Waals surface area contributed by atoms with Gasteiger partial charge in [0.25, 0.3) is 0 Å². The number of hydrogen-bond acceptors (Lipinski definition) is 6. The van der Waals surface area contributed by atoms with Gasteiger partial charge in [-0.05, 0) is 89.0 Å². The fourth-order valence-corrected chi connectivity index (χ4v) is 7.26. The molecule has 7 nitrogen and oxygen atoms in total. The lowest BCUT2D eigenvalue weighted by Gasteiger charge is -2.62. The van der Waals surface area contributed by atoms with Crippen LogP contribution in [0.1, 0.15) is 65.7 Å². The Bertz CT molecular complexity index is 748. The average molecular weight is 417 g/mol. The summed E-state index contributed by atoms with van der Waals surface area (Å²) in [6.45, 7) is 5.93. The number of amides is 1. The standard InChI is InChI=1S/C23H36N4O3/c1-13-5-18(11-24)27(15(13)3)20(28)19(25)22-7-16-6-17(8-22)10-23(9-16,12-22)30-21(29)14(2)26-4/h13-19,26H,5-10,12,25H2,1-4H3/t13-,14-,15?,16?,17?,18-,19+,22?,23?/m0/s1. The molecule has 1 aliphatic heterocycles. The second kappa shape index (κ2) is 7.49. The van der Waals surface area contributed by atoms with Crippen LogP contribution in [-0.2, 0) is 14.3 Å². The van der Waals surface area contributed by atoms with E-state index < -0.39 is 17.7 Å². The zero-order valence-electron chi connectivity index (χ0n) is 18.7. The van der Waals surface area contributed by atoms with Crippen LogP contribution in [0, 0.1) is 34.5 Å². The van der Waals surface area contributed by atoms with E-state index >= 15 is 0 Å². The van der Waals surface area contributed by atoms with Gasteiger partial charge in [-0.2, -0.15) is 5.26 Å². The molecule has 1 saturated heterocycles. The molecule has 5 rings (SSSR count). The van der Waals surface area contributed by atoms with Gasteiger partial charge in [0.05, 0.1) is 12.1 Å². The Morgan fingerprint density at radius 3 is 2.40 bits per heavy atom. The Labute approximate surface area is 179 Å². The molecule has 7 atom stereocenters. The molecule has 5 fully saturated rings. The third kappa shape index (κ3) is 3.33. The lowest BCUT2D eigenvalue weighted by atomic mass is 9.46. The number of nitrogens with one attached hydrogen (secondary N) is 1. The molecule has 5 aliphatic rings. The highest BCUT2D eigenvalue weighted by atomic mass is 16.6. The van der Waals surface area contributed by atoms with Gasteiger partial charge in [-0.1, -0.05) is 6.92 Å². The van der Waals surface area contributed by atoms with Crippen LogP contribution >= 0.6 is 0 Å². The van der Waals surface area contributed by atoms with E-state index in [2.05, 4.69) is 18.3 Å². The smallest absolute Gasteiger partial charge is 0.323 e. The topological polar surface area (TPSA) is 108 Å². The normalized spacial score (nSPS) is 43.9. The van der Waals surface area contributed by atoms with Crippen molar-refractivity contribution < 1.29 is 14.3 Å². The van der Waals surface area contributed by atoms with Gasteiger partial charge in [-0.3, -0.25) is 9.59 Å². The Kier molecular flexibility index (Phi) is 5.39.